The van der Waals surface area contributed by atoms with Crippen LogP contribution in [0.2, 0.25) is 0 Å². The SMILES string of the molecule is O=C(O)N[C@H]1C[C@@H](Cc2nc(C(F)(F)F)no2)C1. The third-order valence-electron chi connectivity index (χ3n) is 2.75. The zero-order valence-electron chi connectivity index (χ0n) is 9.07. The first-order valence-electron chi connectivity index (χ1n) is 5.24. The molecular formula is C9H10F3N3O3. The predicted molar refractivity (Wildman–Crippen MR) is 50.7 cm³/mol. The van der Waals surface area contributed by atoms with Crippen LogP contribution in [-0.2, 0) is 12.6 Å². The molecule has 18 heavy (non-hydrogen) atoms. The number of rotatable bonds is 3. The average molecular weight is 265 g/mol. The van der Waals surface area contributed by atoms with E-state index < -0.39 is 18.1 Å². The van der Waals surface area contributed by atoms with E-state index in [0.717, 1.165) is 0 Å². The van der Waals surface area contributed by atoms with Crippen molar-refractivity contribution in [3.05, 3.63) is 11.7 Å². The van der Waals surface area contributed by atoms with Crippen LogP contribution in [0.15, 0.2) is 4.52 Å². The molecule has 1 amide bonds. The van der Waals surface area contributed by atoms with Crippen LogP contribution in [0.4, 0.5) is 18.0 Å². The van der Waals surface area contributed by atoms with E-state index in [1.807, 2.05) is 0 Å². The van der Waals surface area contributed by atoms with Gasteiger partial charge >= 0.3 is 12.3 Å². The topological polar surface area (TPSA) is 88.2 Å². The molecule has 9 heteroatoms. The van der Waals surface area contributed by atoms with Gasteiger partial charge in [0.2, 0.25) is 5.89 Å². The summed E-state index contributed by atoms with van der Waals surface area (Å²) in [6.07, 6.45) is -4.34. The molecule has 1 aliphatic carbocycles. The summed E-state index contributed by atoms with van der Waals surface area (Å²) in [6, 6.07) is -0.141. The van der Waals surface area contributed by atoms with Gasteiger partial charge in [-0.3, -0.25) is 0 Å². The first-order valence-corrected chi connectivity index (χ1v) is 5.24. The molecule has 100 valence electrons. The van der Waals surface area contributed by atoms with Gasteiger partial charge in [-0.05, 0) is 18.8 Å². The van der Waals surface area contributed by atoms with Crippen molar-refractivity contribution in [2.75, 3.05) is 0 Å². The smallest absolute Gasteiger partial charge is 0.455 e. The second kappa shape index (κ2) is 4.46. The molecular weight excluding hydrogens is 255 g/mol. The van der Waals surface area contributed by atoms with Crippen molar-refractivity contribution in [2.24, 2.45) is 5.92 Å². The largest absolute Gasteiger partial charge is 0.465 e. The minimum atomic E-state index is -4.60. The summed E-state index contributed by atoms with van der Waals surface area (Å²) in [7, 11) is 0. The van der Waals surface area contributed by atoms with Crippen LogP contribution in [0, 0.1) is 5.92 Å². The second-order valence-electron chi connectivity index (χ2n) is 4.20. The summed E-state index contributed by atoms with van der Waals surface area (Å²) in [5.41, 5.74) is 0. The van der Waals surface area contributed by atoms with Gasteiger partial charge in [0.1, 0.15) is 0 Å². The Kier molecular flexibility index (Phi) is 3.14. The van der Waals surface area contributed by atoms with E-state index in [9.17, 15) is 18.0 Å². The van der Waals surface area contributed by atoms with Gasteiger partial charge in [0, 0.05) is 12.5 Å². The molecule has 0 unspecified atom stereocenters. The van der Waals surface area contributed by atoms with E-state index in [1.165, 1.54) is 0 Å². The number of nitrogens with zero attached hydrogens (tertiary/aromatic N) is 2. The fourth-order valence-corrected chi connectivity index (χ4v) is 1.89. The highest BCUT2D eigenvalue weighted by molar-refractivity contribution is 5.65. The molecule has 1 saturated carbocycles. The van der Waals surface area contributed by atoms with Crippen LogP contribution in [0.1, 0.15) is 24.6 Å². The molecule has 6 nitrogen and oxygen atoms in total. The standard InChI is InChI=1S/C9H10F3N3O3/c10-9(11,12)7-14-6(18-15-7)3-4-1-5(2-4)13-8(16)17/h4-5,13H,1-3H2,(H,16,17)/t4-,5+. The van der Waals surface area contributed by atoms with Crippen molar-refractivity contribution < 1.29 is 27.6 Å². The van der Waals surface area contributed by atoms with E-state index in [-0.39, 0.29) is 24.3 Å². The Bertz CT molecular complexity index is 440. The second-order valence-corrected chi connectivity index (χ2v) is 4.20. The number of amides is 1. The maximum Gasteiger partial charge on any atom is 0.455 e. The van der Waals surface area contributed by atoms with Crippen molar-refractivity contribution in [3.8, 4) is 0 Å². The molecule has 0 bridgehead atoms. The normalized spacial score (nSPS) is 23.5. The molecule has 0 aliphatic heterocycles. The highest BCUT2D eigenvalue weighted by Crippen LogP contribution is 2.31. The number of hydrogen-bond donors (Lipinski definition) is 2. The van der Waals surface area contributed by atoms with Crippen molar-refractivity contribution in [1.82, 2.24) is 15.5 Å². The van der Waals surface area contributed by atoms with Crippen molar-refractivity contribution in [2.45, 2.75) is 31.5 Å². The Balaban J connectivity index is 1.82. The van der Waals surface area contributed by atoms with E-state index in [2.05, 4.69) is 20.0 Å². The van der Waals surface area contributed by atoms with Gasteiger partial charge < -0.3 is 14.9 Å². The third-order valence-corrected chi connectivity index (χ3v) is 2.75. The lowest BCUT2D eigenvalue weighted by molar-refractivity contribution is -0.146. The van der Waals surface area contributed by atoms with Gasteiger partial charge in [-0.15, -0.1) is 0 Å². The van der Waals surface area contributed by atoms with Crippen molar-refractivity contribution in [3.63, 3.8) is 0 Å². The molecule has 1 aliphatic rings. The molecule has 2 rings (SSSR count). The maximum absolute atomic E-state index is 12.2. The van der Waals surface area contributed by atoms with E-state index in [4.69, 9.17) is 5.11 Å². The van der Waals surface area contributed by atoms with E-state index in [1.54, 1.807) is 0 Å². The number of carbonyl (C=O) groups is 1. The molecule has 1 heterocycles. The molecule has 2 N–H and O–H groups in total. The Morgan fingerprint density at radius 3 is 2.67 bits per heavy atom. The number of hydrogen-bond acceptors (Lipinski definition) is 4. The van der Waals surface area contributed by atoms with Gasteiger partial charge in [0.15, 0.2) is 0 Å². The van der Waals surface area contributed by atoms with Gasteiger partial charge in [0.25, 0.3) is 5.82 Å². The van der Waals surface area contributed by atoms with Crippen molar-refractivity contribution >= 4 is 6.09 Å². The Labute approximate surface area is 99.2 Å². The number of aromatic nitrogens is 2. The summed E-state index contributed by atoms with van der Waals surface area (Å²) in [5.74, 6) is -1.28. The zero-order valence-corrected chi connectivity index (χ0v) is 9.07. The van der Waals surface area contributed by atoms with Crippen LogP contribution in [0.5, 0.6) is 0 Å². The molecule has 0 saturated heterocycles. The quantitative estimate of drug-likeness (QED) is 0.868. The predicted octanol–water partition coefficient (Wildman–Crippen LogP) is 1.68. The monoisotopic (exact) mass is 265 g/mol. The first-order chi connectivity index (χ1) is 8.34. The molecule has 1 aromatic heterocycles. The average Bonchev–Trinajstić information content (AvgIpc) is 2.61. The minimum absolute atomic E-state index is 0.0684. The Morgan fingerprint density at radius 2 is 2.17 bits per heavy atom. The molecule has 1 aromatic rings. The summed E-state index contributed by atoms with van der Waals surface area (Å²) >= 11 is 0. The lowest BCUT2D eigenvalue weighted by Crippen LogP contribution is -2.44. The van der Waals surface area contributed by atoms with Crippen LogP contribution in [-0.4, -0.2) is 27.4 Å². The van der Waals surface area contributed by atoms with Gasteiger partial charge in [-0.25, -0.2) is 4.79 Å². The Morgan fingerprint density at radius 1 is 1.50 bits per heavy atom. The fourth-order valence-electron chi connectivity index (χ4n) is 1.89. The summed E-state index contributed by atoms with van der Waals surface area (Å²) in [6.45, 7) is 0. The first kappa shape index (κ1) is 12.7. The Hall–Kier alpha value is -1.80. The number of nitrogens with one attached hydrogen (secondary N) is 1. The minimum Gasteiger partial charge on any atom is -0.465 e. The molecule has 1 fully saturated rings. The van der Waals surface area contributed by atoms with Crippen LogP contribution in [0.3, 0.4) is 0 Å². The maximum atomic E-state index is 12.2. The molecule has 0 aromatic carbocycles. The van der Waals surface area contributed by atoms with Crippen LogP contribution < -0.4 is 5.32 Å². The number of alkyl halides is 3. The number of carboxylic acid groups (broad SMARTS) is 1. The highest BCUT2D eigenvalue weighted by atomic mass is 19.4. The fraction of sp³-hybridized carbons (Fsp3) is 0.667. The van der Waals surface area contributed by atoms with E-state index in [0.29, 0.717) is 12.8 Å². The molecule has 0 radical (unpaired) electrons. The van der Waals surface area contributed by atoms with Crippen LogP contribution >= 0.6 is 0 Å². The summed E-state index contributed by atoms with van der Waals surface area (Å²) < 4.78 is 41.0. The highest BCUT2D eigenvalue weighted by Gasteiger charge is 2.38. The third kappa shape index (κ3) is 2.90. The lowest BCUT2D eigenvalue weighted by atomic mass is 9.78. The molecule has 0 atom stereocenters. The summed E-state index contributed by atoms with van der Waals surface area (Å²) in [4.78, 5) is 13.6. The van der Waals surface area contributed by atoms with Gasteiger partial charge in [-0.2, -0.15) is 18.2 Å². The van der Waals surface area contributed by atoms with Crippen molar-refractivity contribution in [1.29, 1.82) is 0 Å². The summed E-state index contributed by atoms with van der Waals surface area (Å²) in [5, 5.41) is 13.6. The van der Waals surface area contributed by atoms with Gasteiger partial charge in [-0.1, -0.05) is 5.16 Å². The van der Waals surface area contributed by atoms with Gasteiger partial charge in [0.05, 0.1) is 0 Å². The zero-order chi connectivity index (χ0) is 13.3. The number of halogens is 3. The molecule has 0 spiro atoms. The van der Waals surface area contributed by atoms with Crippen LogP contribution in [0.25, 0.3) is 0 Å². The van der Waals surface area contributed by atoms with E-state index >= 15 is 0 Å². The lowest BCUT2D eigenvalue weighted by Gasteiger charge is -2.34.